The van der Waals surface area contributed by atoms with Crippen LogP contribution in [0.4, 0.5) is 0 Å². The van der Waals surface area contributed by atoms with E-state index in [9.17, 15) is 4.79 Å². The number of carbonyl (C=O) groups is 1. The molecular weight excluding hydrogens is 276 g/mol. The lowest BCUT2D eigenvalue weighted by molar-refractivity contribution is 0.104. The number of ether oxygens (including phenoxy) is 2. The summed E-state index contributed by atoms with van der Waals surface area (Å²) in [6.07, 6.45) is 4.38. The molecule has 114 valence electrons. The van der Waals surface area contributed by atoms with Gasteiger partial charge in [0.1, 0.15) is 11.5 Å². The molecule has 0 aliphatic heterocycles. The summed E-state index contributed by atoms with van der Waals surface area (Å²) in [7, 11) is 3.12. The molecule has 2 rings (SSSR count). The highest BCUT2D eigenvalue weighted by Gasteiger charge is 2.10. The number of allylic oxidation sites excluding steroid dienone is 1. The highest BCUT2D eigenvalue weighted by Crippen LogP contribution is 2.25. The number of carbonyl (C=O) groups excluding carboxylic acids is 1. The maximum absolute atomic E-state index is 12.3. The van der Waals surface area contributed by atoms with Crippen molar-refractivity contribution in [1.82, 2.24) is 0 Å². The second-order valence-electron chi connectivity index (χ2n) is 4.86. The standard InChI is InChI=1S/C19H20O3/c1-4-14-5-7-15(8-6-14)9-12-18(20)17-11-10-16(21-2)13-19(17)22-3/h5-13H,4H2,1-3H3/b12-9+. The Morgan fingerprint density at radius 1 is 1.05 bits per heavy atom. The molecule has 0 fully saturated rings. The molecule has 0 aromatic heterocycles. The van der Waals surface area contributed by atoms with Crippen molar-refractivity contribution in [3.05, 3.63) is 65.2 Å². The summed E-state index contributed by atoms with van der Waals surface area (Å²) in [5.41, 5.74) is 2.79. The second kappa shape index (κ2) is 7.46. The summed E-state index contributed by atoms with van der Waals surface area (Å²) in [4.78, 5) is 12.3. The molecule has 0 spiro atoms. The molecule has 3 heteroatoms. The van der Waals surface area contributed by atoms with Gasteiger partial charge in [0.25, 0.3) is 0 Å². The summed E-state index contributed by atoms with van der Waals surface area (Å²) in [5, 5.41) is 0. The highest BCUT2D eigenvalue weighted by molar-refractivity contribution is 6.08. The predicted molar refractivity (Wildman–Crippen MR) is 88.7 cm³/mol. The number of ketones is 1. The van der Waals surface area contributed by atoms with Crippen LogP contribution in [-0.4, -0.2) is 20.0 Å². The number of hydrogen-bond donors (Lipinski definition) is 0. The van der Waals surface area contributed by atoms with Crippen LogP contribution < -0.4 is 9.47 Å². The van der Waals surface area contributed by atoms with E-state index in [0.717, 1.165) is 12.0 Å². The van der Waals surface area contributed by atoms with Gasteiger partial charge in [0.05, 0.1) is 19.8 Å². The summed E-state index contributed by atoms with van der Waals surface area (Å²) in [6.45, 7) is 2.12. The van der Waals surface area contributed by atoms with Gasteiger partial charge in [-0.25, -0.2) is 0 Å². The topological polar surface area (TPSA) is 35.5 Å². The summed E-state index contributed by atoms with van der Waals surface area (Å²) >= 11 is 0. The third-order valence-corrected chi connectivity index (χ3v) is 3.49. The van der Waals surface area contributed by atoms with Crippen LogP contribution in [0.15, 0.2) is 48.5 Å². The van der Waals surface area contributed by atoms with Crippen LogP contribution in [0.25, 0.3) is 6.08 Å². The zero-order valence-corrected chi connectivity index (χ0v) is 13.1. The van der Waals surface area contributed by atoms with E-state index in [1.54, 1.807) is 38.5 Å². The van der Waals surface area contributed by atoms with Crippen molar-refractivity contribution in [2.24, 2.45) is 0 Å². The van der Waals surface area contributed by atoms with Crippen molar-refractivity contribution in [1.29, 1.82) is 0 Å². The number of methoxy groups -OCH3 is 2. The Morgan fingerprint density at radius 3 is 2.36 bits per heavy atom. The number of hydrogen-bond acceptors (Lipinski definition) is 3. The third kappa shape index (κ3) is 3.76. The van der Waals surface area contributed by atoms with Crippen LogP contribution in [0.2, 0.25) is 0 Å². The van der Waals surface area contributed by atoms with Crippen LogP contribution in [0, 0.1) is 0 Å². The van der Waals surface area contributed by atoms with E-state index in [-0.39, 0.29) is 5.78 Å². The Bertz CT molecular complexity index is 670. The third-order valence-electron chi connectivity index (χ3n) is 3.49. The molecule has 0 saturated heterocycles. The molecule has 0 N–H and O–H groups in total. The van der Waals surface area contributed by atoms with Gasteiger partial charge < -0.3 is 9.47 Å². The van der Waals surface area contributed by atoms with Crippen molar-refractivity contribution >= 4 is 11.9 Å². The highest BCUT2D eigenvalue weighted by atomic mass is 16.5. The minimum Gasteiger partial charge on any atom is -0.497 e. The normalized spacial score (nSPS) is 10.7. The first-order chi connectivity index (χ1) is 10.7. The van der Waals surface area contributed by atoms with E-state index in [4.69, 9.17) is 9.47 Å². The molecular formula is C19H20O3. The van der Waals surface area contributed by atoms with E-state index in [1.165, 1.54) is 5.56 Å². The van der Waals surface area contributed by atoms with E-state index < -0.39 is 0 Å². The molecule has 0 unspecified atom stereocenters. The fourth-order valence-electron chi connectivity index (χ4n) is 2.13. The van der Waals surface area contributed by atoms with Crippen molar-refractivity contribution < 1.29 is 14.3 Å². The van der Waals surface area contributed by atoms with Gasteiger partial charge in [-0.2, -0.15) is 0 Å². The molecule has 22 heavy (non-hydrogen) atoms. The van der Waals surface area contributed by atoms with Gasteiger partial charge in [-0.15, -0.1) is 0 Å². The van der Waals surface area contributed by atoms with Crippen LogP contribution in [-0.2, 0) is 6.42 Å². The minimum atomic E-state index is -0.0981. The van der Waals surface area contributed by atoms with E-state index >= 15 is 0 Å². The summed E-state index contributed by atoms with van der Waals surface area (Å²) < 4.78 is 10.4. The van der Waals surface area contributed by atoms with Gasteiger partial charge in [-0.1, -0.05) is 37.3 Å². The van der Waals surface area contributed by atoms with E-state index in [0.29, 0.717) is 17.1 Å². The van der Waals surface area contributed by atoms with Crippen LogP contribution in [0.1, 0.15) is 28.4 Å². The van der Waals surface area contributed by atoms with Crippen LogP contribution >= 0.6 is 0 Å². The predicted octanol–water partition coefficient (Wildman–Crippen LogP) is 4.16. The van der Waals surface area contributed by atoms with Gasteiger partial charge in [0.2, 0.25) is 0 Å². The first-order valence-corrected chi connectivity index (χ1v) is 7.21. The summed E-state index contributed by atoms with van der Waals surface area (Å²) in [5.74, 6) is 1.07. The Labute approximate surface area is 131 Å². The van der Waals surface area contributed by atoms with Gasteiger partial charge in [-0.3, -0.25) is 4.79 Å². The number of benzene rings is 2. The molecule has 0 atom stereocenters. The fraction of sp³-hybridized carbons (Fsp3) is 0.211. The van der Waals surface area contributed by atoms with Crippen molar-refractivity contribution in [2.75, 3.05) is 14.2 Å². The monoisotopic (exact) mass is 296 g/mol. The van der Waals surface area contributed by atoms with Gasteiger partial charge in [-0.05, 0) is 35.8 Å². The first kappa shape index (κ1) is 15.8. The average Bonchev–Trinajstić information content (AvgIpc) is 2.59. The summed E-state index contributed by atoms with van der Waals surface area (Å²) in [6, 6.07) is 13.3. The minimum absolute atomic E-state index is 0.0981. The van der Waals surface area contributed by atoms with Crippen molar-refractivity contribution in [3.63, 3.8) is 0 Å². The van der Waals surface area contributed by atoms with E-state index in [1.807, 2.05) is 18.2 Å². The van der Waals surface area contributed by atoms with Crippen LogP contribution in [0.5, 0.6) is 11.5 Å². The molecule has 3 nitrogen and oxygen atoms in total. The van der Waals surface area contributed by atoms with Gasteiger partial charge >= 0.3 is 0 Å². The SMILES string of the molecule is CCc1ccc(/C=C/C(=O)c2ccc(OC)cc2OC)cc1. The molecule has 0 saturated carbocycles. The molecule has 2 aromatic carbocycles. The molecule has 0 aliphatic rings. The Hall–Kier alpha value is -2.55. The molecule has 0 aliphatic carbocycles. The second-order valence-corrected chi connectivity index (χ2v) is 4.86. The molecule has 0 heterocycles. The van der Waals surface area contributed by atoms with Gasteiger partial charge in [0, 0.05) is 6.07 Å². The maximum atomic E-state index is 12.3. The molecule has 0 bridgehead atoms. The lowest BCUT2D eigenvalue weighted by Crippen LogP contribution is -1.99. The lowest BCUT2D eigenvalue weighted by Gasteiger charge is -2.07. The fourth-order valence-corrected chi connectivity index (χ4v) is 2.13. The first-order valence-electron chi connectivity index (χ1n) is 7.21. The quantitative estimate of drug-likeness (QED) is 0.593. The smallest absolute Gasteiger partial charge is 0.189 e. The zero-order chi connectivity index (χ0) is 15.9. The van der Waals surface area contributed by atoms with Crippen molar-refractivity contribution in [3.8, 4) is 11.5 Å². The number of rotatable bonds is 6. The lowest BCUT2D eigenvalue weighted by atomic mass is 10.1. The van der Waals surface area contributed by atoms with Crippen LogP contribution in [0.3, 0.4) is 0 Å². The Morgan fingerprint density at radius 2 is 1.77 bits per heavy atom. The van der Waals surface area contributed by atoms with Gasteiger partial charge in [0.15, 0.2) is 5.78 Å². The van der Waals surface area contributed by atoms with E-state index in [2.05, 4.69) is 19.1 Å². The molecule has 2 aromatic rings. The maximum Gasteiger partial charge on any atom is 0.189 e. The number of aryl methyl sites for hydroxylation is 1. The van der Waals surface area contributed by atoms with Crippen molar-refractivity contribution in [2.45, 2.75) is 13.3 Å². The zero-order valence-electron chi connectivity index (χ0n) is 13.1. The molecule has 0 amide bonds. The molecule has 0 radical (unpaired) electrons. The Kier molecular flexibility index (Phi) is 5.37. The average molecular weight is 296 g/mol. The Balaban J connectivity index is 2.18. The largest absolute Gasteiger partial charge is 0.497 e.